The summed E-state index contributed by atoms with van der Waals surface area (Å²) >= 11 is 0. The lowest BCUT2D eigenvalue weighted by Crippen LogP contribution is -2.41. The van der Waals surface area contributed by atoms with Crippen LogP contribution in [0.2, 0.25) is 0 Å². The van der Waals surface area contributed by atoms with Gasteiger partial charge in [0.15, 0.2) is 6.10 Å². The summed E-state index contributed by atoms with van der Waals surface area (Å²) in [6, 6.07) is 5.64. The molecule has 0 radical (unpaired) electrons. The van der Waals surface area contributed by atoms with E-state index in [-0.39, 0.29) is 18.4 Å². The zero-order chi connectivity index (χ0) is 17.6. The van der Waals surface area contributed by atoms with Gasteiger partial charge in [0.05, 0.1) is 0 Å². The van der Waals surface area contributed by atoms with Crippen LogP contribution in [0, 0.1) is 6.92 Å². The molecule has 0 saturated heterocycles. The number of aryl methyl sites for hydroxylation is 1. The first-order valence-corrected chi connectivity index (χ1v) is 8.00. The number of hydrogen-bond donors (Lipinski definition) is 2. The predicted molar refractivity (Wildman–Crippen MR) is 89.8 cm³/mol. The monoisotopic (exact) mass is 321 g/mol. The fourth-order valence-electron chi connectivity index (χ4n) is 2.40. The van der Waals surface area contributed by atoms with Gasteiger partial charge in [0, 0.05) is 12.5 Å². The van der Waals surface area contributed by atoms with E-state index >= 15 is 0 Å². The Morgan fingerprint density at radius 3 is 2.39 bits per heavy atom. The first-order chi connectivity index (χ1) is 10.7. The van der Waals surface area contributed by atoms with Crippen molar-refractivity contribution in [2.45, 2.75) is 65.5 Å². The zero-order valence-electron chi connectivity index (χ0n) is 14.6. The van der Waals surface area contributed by atoms with E-state index in [0.717, 1.165) is 5.56 Å². The summed E-state index contributed by atoms with van der Waals surface area (Å²) in [7, 11) is 0. The number of rotatable bonds is 8. The lowest BCUT2D eigenvalue weighted by Gasteiger charge is -2.19. The van der Waals surface area contributed by atoms with Crippen molar-refractivity contribution < 1.29 is 19.4 Å². The lowest BCUT2D eigenvalue weighted by atomic mass is 9.98. The fraction of sp³-hybridized carbons (Fsp3) is 0.556. The first kappa shape index (κ1) is 19.0. The molecule has 1 aromatic carbocycles. The minimum atomic E-state index is -0.865. The number of benzene rings is 1. The zero-order valence-corrected chi connectivity index (χ0v) is 14.6. The highest BCUT2D eigenvalue weighted by atomic mass is 16.5. The van der Waals surface area contributed by atoms with Crippen LogP contribution >= 0.6 is 0 Å². The second-order valence-electron chi connectivity index (χ2n) is 6.28. The molecule has 0 saturated carbocycles. The normalized spacial score (nSPS) is 13.5. The van der Waals surface area contributed by atoms with Gasteiger partial charge in [0.2, 0.25) is 0 Å². The van der Waals surface area contributed by atoms with E-state index in [1.807, 2.05) is 25.1 Å². The minimum Gasteiger partial charge on any atom is -0.481 e. The Hall–Kier alpha value is -2.04. The molecule has 23 heavy (non-hydrogen) atoms. The average Bonchev–Trinajstić information content (AvgIpc) is 2.44. The second-order valence-corrected chi connectivity index (χ2v) is 6.28. The molecule has 1 aromatic rings. The Morgan fingerprint density at radius 2 is 1.87 bits per heavy atom. The van der Waals surface area contributed by atoms with Crippen molar-refractivity contribution in [3.8, 4) is 5.75 Å². The SMILES string of the molecule is Cc1cc(OC(C)C(=O)NC(C)CCC(=O)O)ccc1C(C)C. The molecule has 0 aliphatic heterocycles. The third-order valence-electron chi connectivity index (χ3n) is 3.73. The molecule has 0 spiro atoms. The molecule has 2 unspecified atom stereocenters. The number of hydrogen-bond acceptors (Lipinski definition) is 3. The molecule has 5 nitrogen and oxygen atoms in total. The van der Waals surface area contributed by atoms with Crippen LogP contribution < -0.4 is 10.1 Å². The summed E-state index contributed by atoms with van der Waals surface area (Å²) in [5.74, 6) is -0.00260. The largest absolute Gasteiger partial charge is 0.481 e. The van der Waals surface area contributed by atoms with E-state index in [0.29, 0.717) is 18.1 Å². The maximum atomic E-state index is 12.1. The molecule has 0 fully saturated rings. The lowest BCUT2D eigenvalue weighted by molar-refractivity contribution is -0.137. The number of ether oxygens (including phenoxy) is 1. The Bertz CT molecular complexity index is 554. The van der Waals surface area contributed by atoms with Crippen LogP contribution in [-0.4, -0.2) is 29.1 Å². The van der Waals surface area contributed by atoms with Crippen molar-refractivity contribution in [1.82, 2.24) is 5.32 Å². The van der Waals surface area contributed by atoms with Gasteiger partial charge in [-0.05, 0) is 56.4 Å². The molecule has 0 heterocycles. The van der Waals surface area contributed by atoms with Gasteiger partial charge in [-0.15, -0.1) is 0 Å². The van der Waals surface area contributed by atoms with Crippen molar-refractivity contribution in [3.05, 3.63) is 29.3 Å². The summed E-state index contributed by atoms with van der Waals surface area (Å²) in [5, 5.41) is 11.4. The molecule has 1 rings (SSSR count). The number of carbonyl (C=O) groups excluding carboxylic acids is 1. The van der Waals surface area contributed by atoms with Crippen LogP contribution in [0.3, 0.4) is 0 Å². The Labute approximate surface area is 138 Å². The molecular weight excluding hydrogens is 294 g/mol. The standard InChI is InChI=1S/C18H27NO4/c1-11(2)16-8-7-15(10-12(16)3)23-14(5)18(22)19-13(4)6-9-17(20)21/h7-8,10-11,13-14H,6,9H2,1-5H3,(H,19,22)(H,20,21). The highest BCUT2D eigenvalue weighted by Crippen LogP contribution is 2.24. The van der Waals surface area contributed by atoms with E-state index in [2.05, 4.69) is 19.2 Å². The number of amides is 1. The molecular formula is C18H27NO4. The molecule has 0 bridgehead atoms. The third-order valence-corrected chi connectivity index (χ3v) is 3.73. The minimum absolute atomic E-state index is 0.0343. The number of nitrogens with one attached hydrogen (secondary N) is 1. The van der Waals surface area contributed by atoms with Crippen molar-refractivity contribution in [1.29, 1.82) is 0 Å². The van der Waals surface area contributed by atoms with E-state index in [1.165, 1.54) is 5.56 Å². The molecule has 5 heteroatoms. The van der Waals surface area contributed by atoms with E-state index in [9.17, 15) is 9.59 Å². The van der Waals surface area contributed by atoms with E-state index in [4.69, 9.17) is 9.84 Å². The third kappa shape index (κ3) is 6.30. The molecule has 0 aliphatic carbocycles. The van der Waals surface area contributed by atoms with Gasteiger partial charge >= 0.3 is 5.97 Å². The number of aliphatic carboxylic acids is 1. The van der Waals surface area contributed by atoms with Crippen LogP contribution in [0.1, 0.15) is 57.6 Å². The Kier molecular flexibility index (Phi) is 7.07. The summed E-state index contributed by atoms with van der Waals surface area (Å²) in [6.45, 7) is 9.77. The summed E-state index contributed by atoms with van der Waals surface area (Å²) < 4.78 is 5.69. The van der Waals surface area contributed by atoms with Gasteiger partial charge in [0.1, 0.15) is 5.75 Å². The first-order valence-electron chi connectivity index (χ1n) is 8.00. The van der Waals surface area contributed by atoms with Gasteiger partial charge in [-0.2, -0.15) is 0 Å². The van der Waals surface area contributed by atoms with E-state index in [1.54, 1.807) is 13.8 Å². The highest BCUT2D eigenvalue weighted by molar-refractivity contribution is 5.81. The average molecular weight is 321 g/mol. The smallest absolute Gasteiger partial charge is 0.303 e. The molecule has 0 aliphatic rings. The Morgan fingerprint density at radius 1 is 1.22 bits per heavy atom. The topological polar surface area (TPSA) is 75.6 Å². The van der Waals surface area contributed by atoms with Crippen molar-refractivity contribution in [3.63, 3.8) is 0 Å². The van der Waals surface area contributed by atoms with Crippen molar-refractivity contribution in [2.24, 2.45) is 0 Å². The highest BCUT2D eigenvalue weighted by Gasteiger charge is 2.18. The summed E-state index contributed by atoms with van der Waals surface area (Å²) in [5.41, 5.74) is 2.40. The van der Waals surface area contributed by atoms with Crippen molar-refractivity contribution >= 4 is 11.9 Å². The van der Waals surface area contributed by atoms with Gasteiger partial charge in [-0.3, -0.25) is 9.59 Å². The van der Waals surface area contributed by atoms with Gasteiger partial charge in [-0.25, -0.2) is 0 Å². The number of carboxylic acids is 1. The quantitative estimate of drug-likeness (QED) is 0.770. The molecule has 0 aromatic heterocycles. The Balaban J connectivity index is 2.58. The van der Waals surface area contributed by atoms with Crippen molar-refractivity contribution in [2.75, 3.05) is 0 Å². The van der Waals surface area contributed by atoms with Crippen LogP contribution in [-0.2, 0) is 9.59 Å². The molecule has 2 N–H and O–H groups in total. The number of carboxylic acid groups (broad SMARTS) is 1. The summed E-state index contributed by atoms with van der Waals surface area (Å²) in [4.78, 5) is 22.6. The second kappa shape index (κ2) is 8.56. The van der Waals surface area contributed by atoms with Gasteiger partial charge < -0.3 is 15.2 Å². The van der Waals surface area contributed by atoms with E-state index < -0.39 is 12.1 Å². The molecule has 1 amide bonds. The molecule has 128 valence electrons. The van der Waals surface area contributed by atoms with Crippen LogP contribution in [0.5, 0.6) is 5.75 Å². The maximum absolute atomic E-state index is 12.1. The molecule has 2 atom stereocenters. The predicted octanol–water partition coefficient (Wildman–Crippen LogP) is 3.26. The van der Waals surface area contributed by atoms with Gasteiger partial charge in [-0.1, -0.05) is 19.9 Å². The van der Waals surface area contributed by atoms with Crippen LogP contribution in [0.4, 0.5) is 0 Å². The number of carbonyl (C=O) groups is 2. The fourth-order valence-corrected chi connectivity index (χ4v) is 2.40. The maximum Gasteiger partial charge on any atom is 0.303 e. The van der Waals surface area contributed by atoms with Gasteiger partial charge in [0.25, 0.3) is 5.91 Å². The van der Waals surface area contributed by atoms with Crippen LogP contribution in [0.25, 0.3) is 0 Å². The summed E-state index contributed by atoms with van der Waals surface area (Å²) in [6.07, 6.45) is -0.200. The van der Waals surface area contributed by atoms with Crippen LogP contribution in [0.15, 0.2) is 18.2 Å².